The molecule has 2 aromatic rings. The minimum Gasteiger partial charge on any atom is -0.352 e. The zero-order valence-corrected chi connectivity index (χ0v) is 16.2. The number of rotatable bonds is 5. The molecule has 3 atom stereocenters. The van der Waals surface area contributed by atoms with E-state index < -0.39 is 0 Å². The molecule has 1 N–H and O–H groups in total. The number of benzene rings is 1. The van der Waals surface area contributed by atoms with Crippen LogP contribution < -0.4 is 5.32 Å². The average Bonchev–Trinajstić information content (AvgIpc) is 2.98. The third kappa shape index (κ3) is 4.09. The number of hydrogen-bond acceptors (Lipinski definition) is 4. The lowest BCUT2D eigenvalue weighted by molar-refractivity contribution is -0.120. The van der Waals surface area contributed by atoms with Gasteiger partial charge in [-0.15, -0.1) is 10.2 Å². The van der Waals surface area contributed by atoms with Crippen molar-refractivity contribution in [3.63, 3.8) is 0 Å². The minimum absolute atomic E-state index is 0.0105. The molecule has 0 aliphatic heterocycles. The highest BCUT2D eigenvalue weighted by atomic mass is 32.2. The third-order valence-electron chi connectivity index (χ3n) is 5.34. The molecule has 0 radical (unpaired) electrons. The Morgan fingerprint density at radius 2 is 2.08 bits per heavy atom. The van der Waals surface area contributed by atoms with Crippen LogP contribution in [-0.2, 0) is 11.8 Å². The minimum atomic E-state index is -0.335. The first-order chi connectivity index (χ1) is 12.5. The monoisotopic (exact) mass is 376 g/mol. The maximum atomic E-state index is 14.0. The lowest BCUT2D eigenvalue weighted by atomic mass is 9.78. The van der Waals surface area contributed by atoms with E-state index in [9.17, 15) is 9.18 Å². The van der Waals surface area contributed by atoms with E-state index in [4.69, 9.17) is 0 Å². The Balaban J connectivity index is 1.60. The molecule has 1 amide bonds. The molecule has 0 saturated heterocycles. The van der Waals surface area contributed by atoms with Crippen molar-refractivity contribution in [3.8, 4) is 11.4 Å². The number of carbonyl (C=O) groups excluding carboxylic acids is 1. The molecule has 1 aromatic carbocycles. The predicted octanol–water partition coefficient (Wildman–Crippen LogP) is 3.65. The Kier molecular flexibility index (Phi) is 5.96. The van der Waals surface area contributed by atoms with Gasteiger partial charge in [0.1, 0.15) is 5.82 Å². The molecule has 1 aromatic heterocycles. The first-order valence-electron chi connectivity index (χ1n) is 9.03. The van der Waals surface area contributed by atoms with Gasteiger partial charge in [-0.05, 0) is 30.4 Å². The topological polar surface area (TPSA) is 59.8 Å². The van der Waals surface area contributed by atoms with Crippen molar-refractivity contribution >= 4 is 17.7 Å². The summed E-state index contributed by atoms with van der Waals surface area (Å²) in [7, 11) is 1.78. The summed E-state index contributed by atoms with van der Waals surface area (Å²) in [5.74, 6) is 1.56. The van der Waals surface area contributed by atoms with Gasteiger partial charge in [0, 0.05) is 13.1 Å². The molecule has 5 nitrogen and oxygen atoms in total. The molecule has 26 heavy (non-hydrogen) atoms. The van der Waals surface area contributed by atoms with Crippen molar-refractivity contribution in [3.05, 3.63) is 30.1 Å². The van der Waals surface area contributed by atoms with Gasteiger partial charge in [-0.3, -0.25) is 4.79 Å². The van der Waals surface area contributed by atoms with E-state index in [1.807, 2.05) is 0 Å². The Labute approximate surface area is 157 Å². The first-order valence-corrected chi connectivity index (χ1v) is 10.0. The fourth-order valence-electron chi connectivity index (χ4n) is 3.48. The maximum absolute atomic E-state index is 14.0. The van der Waals surface area contributed by atoms with Crippen LogP contribution in [0, 0.1) is 17.7 Å². The molecular weight excluding hydrogens is 351 g/mol. The summed E-state index contributed by atoms with van der Waals surface area (Å²) in [6.45, 7) is 4.47. The third-order valence-corrected chi connectivity index (χ3v) is 6.36. The van der Waals surface area contributed by atoms with Crippen LogP contribution in [0.15, 0.2) is 29.4 Å². The lowest BCUT2D eigenvalue weighted by Gasteiger charge is -2.34. The molecule has 140 valence electrons. The molecule has 1 fully saturated rings. The molecule has 0 bridgehead atoms. The highest BCUT2D eigenvalue weighted by molar-refractivity contribution is 7.99. The highest BCUT2D eigenvalue weighted by Crippen LogP contribution is 2.30. The molecule has 0 spiro atoms. The standard InChI is InChI=1S/C19H25FN4OS/c1-12-7-6-10-16(13(12)2)21-17(25)11-26-19-23-22-18(24(19)3)14-8-4-5-9-15(14)20/h4-5,8-9,12-13,16H,6-7,10-11H2,1-3H3,(H,21,25). The van der Waals surface area contributed by atoms with Gasteiger partial charge in [-0.2, -0.15) is 0 Å². The van der Waals surface area contributed by atoms with E-state index in [1.54, 1.807) is 29.8 Å². The van der Waals surface area contributed by atoms with Crippen LogP contribution in [0.1, 0.15) is 33.1 Å². The van der Waals surface area contributed by atoms with Crippen LogP contribution in [0.5, 0.6) is 0 Å². The second kappa shape index (κ2) is 8.20. The number of nitrogens with one attached hydrogen (secondary N) is 1. The fraction of sp³-hybridized carbons (Fsp3) is 0.526. The Hall–Kier alpha value is -1.89. The first kappa shape index (κ1) is 18.9. The number of carbonyl (C=O) groups is 1. The summed E-state index contributed by atoms with van der Waals surface area (Å²) in [5, 5.41) is 12.0. The second-order valence-electron chi connectivity index (χ2n) is 7.08. The number of hydrogen-bond donors (Lipinski definition) is 1. The molecule has 1 aliphatic carbocycles. The van der Waals surface area contributed by atoms with E-state index >= 15 is 0 Å². The van der Waals surface area contributed by atoms with Crippen molar-refractivity contribution < 1.29 is 9.18 Å². The lowest BCUT2D eigenvalue weighted by Crippen LogP contribution is -2.44. The molecule has 1 heterocycles. The van der Waals surface area contributed by atoms with Gasteiger partial charge in [0.15, 0.2) is 11.0 Å². The van der Waals surface area contributed by atoms with Crippen LogP contribution in [-0.4, -0.2) is 32.5 Å². The van der Waals surface area contributed by atoms with E-state index in [0.29, 0.717) is 28.4 Å². The van der Waals surface area contributed by atoms with Gasteiger partial charge in [0.2, 0.25) is 5.91 Å². The summed E-state index contributed by atoms with van der Waals surface area (Å²) in [6, 6.07) is 6.73. The smallest absolute Gasteiger partial charge is 0.230 e. The zero-order valence-electron chi connectivity index (χ0n) is 15.4. The fourth-order valence-corrected chi connectivity index (χ4v) is 4.20. The van der Waals surface area contributed by atoms with Crippen LogP contribution in [0.4, 0.5) is 4.39 Å². The van der Waals surface area contributed by atoms with Crippen LogP contribution in [0.25, 0.3) is 11.4 Å². The molecule has 1 saturated carbocycles. The quantitative estimate of drug-likeness (QED) is 0.809. The van der Waals surface area contributed by atoms with Gasteiger partial charge < -0.3 is 9.88 Å². The molecule has 3 rings (SSSR count). The molecular formula is C19H25FN4OS. The van der Waals surface area contributed by atoms with Crippen LogP contribution >= 0.6 is 11.8 Å². The molecule has 3 unspecified atom stereocenters. The van der Waals surface area contributed by atoms with E-state index in [1.165, 1.54) is 30.7 Å². The highest BCUT2D eigenvalue weighted by Gasteiger charge is 2.28. The average molecular weight is 377 g/mol. The summed E-state index contributed by atoms with van der Waals surface area (Å²) in [5.41, 5.74) is 0.406. The van der Waals surface area contributed by atoms with Crippen molar-refractivity contribution in [2.75, 3.05) is 5.75 Å². The predicted molar refractivity (Wildman–Crippen MR) is 101 cm³/mol. The van der Waals surface area contributed by atoms with E-state index in [-0.39, 0.29) is 23.5 Å². The number of amides is 1. The Morgan fingerprint density at radius 3 is 2.85 bits per heavy atom. The number of nitrogens with zero attached hydrogens (tertiary/aromatic N) is 3. The SMILES string of the molecule is CC1CCCC(NC(=O)CSc2nnc(-c3ccccc3F)n2C)C1C. The van der Waals surface area contributed by atoms with Crippen LogP contribution in [0.2, 0.25) is 0 Å². The second-order valence-corrected chi connectivity index (χ2v) is 8.02. The van der Waals surface area contributed by atoms with Crippen molar-refractivity contribution in [1.82, 2.24) is 20.1 Å². The number of thioether (sulfide) groups is 1. The van der Waals surface area contributed by atoms with Gasteiger partial charge in [-0.25, -0.2) is 4.39 Å². The summed E-state index contributed by atoms with van der Waals surface area (Å²) < 4.78 is 15.7. The van der Waals surface area contributed by atoms with E-state index in [0.717, 1.165) is 6.42 Å². The molecule has 7 heteroatoms. The maximum Gasteiger partial charge on any atom is 0.230 e. The van der Waals surface area contributed by atoms with Gasteiger partial charge in [-0.1, -0.05) is 50.6 Å². The summed E-state index contributed by atoms with van der Waals surface area (Å²) in [6.07, 6.45) is 3.45. The zero-order chi connectivity index (χ0) is 18.7. The largest absolute Gasteiger partial charge is 0.352 e. The molecule has 1 aliphatic rings. The van der Waals surface area contributed by atoms with Gasteiger partial charge in [0.05, 0.1) is 11.3 Å². The van der Waals surface area contributed by atoms with E-state index in [2.05, 4.69) is 29.4 Å². The van der Waals surface area contributed by atoms with Gasteiger partial charge in [0.25, 0.3) is 0 Å². The van der Waals surface area contributed by atoms with Crippen molar-refractivity contribution in [1.29, 1.82) is 0 Å². The van der Waals surface area contributed by atoms with Crippen molar-refractivity contribution in [2.24, 2.45) is 18.9 Å². The summed E-state index contributed by atoms with van der Waals surface area (Å²) in [4.78, 5) is 12.3. The van der Waals surface area contributed by atoms with Crippen LogP contribution in [0.3, 0.4) is 0 Å². The van der Waals surface area contributed by atoms with Gasteiger partial charge >= 0.3 is 0 Å². The Bertz CT molecular complexity index is 779. The normalized spacial score (nSPS) is 23.0. The number of aromatic nitrogens is 3. The van der Waals surface area contributed by atoms with Crippen molar-refractivity contribution in [2.45, 2.75) is 44.3 Å². The number of halogens is 1. The summed E-state index contributed by atoms with van der Waals surface area (Å²) >= 11 is 1.32. The Morgan fingerprint density at radius 1 is 1.31 bits per heavy atom.